The van der Waals surface area contributed by atoms with E-state index in [1.165, 1.54) is 18.4 Å². The van der Waals surface area contributed by atoms with E-state index in [9.17, 15) is 14.4 Å². The van der Waals surface area contributed by atoms with Crippen LogP contribution in [0.3, 0.4) is 0 Å². The van der Waals surface area contributed by atoms with Crippen LogP contribution in [0.15, 0.2) is 64.0 Å². The second-order valence-corrected chi connectivity index (χ2v) is 5.89. The lowest BCUT2D eigenvalue weighted by molar-refractivity contribution is -0.122. The Morgan fingerprint density at radius 1 is 1.11 bits per heavy atom. The zero-order chi connectivity index (χ0) is 19.2. The van der Waals surface area contributed by atoms with Crippen molar-refractivity contribution in [2.24, 2.45) is 0 Å². The highest BCUT2D eigenvalue weighted by Crippen LogP contribution is 2.09. The van der Waals surface area contributed by atoms with Gasteiger partial charge in [-0.25, -0.2) is 4.68 Å². The molecule has 0 bridgehead atoms. The summed E-state index contributed by atoms with van der Waals surface area (Å²) in [6.45, 7) is 1.85. The molecule has 0 saturated carbocycles. The molecular formula is C19H18N4O4. The number of hydrogen-bond donors (Lipinski definition) is 2. The van der Waals surface area contributed by atoms with Gasteiger partial charge < -0.3 is 15.1 Å². The standard InChI is InChI=1S/C19H18N4O4/c1-13-4-6-14(7-5-13)21-19(26)16-8-9-18(25)23(22-16)12-17(24)20-11-15-3-2-10-27-15/h2-10H,11-12H2,1H3,(H,20,24)(H,21,26). The molecule has 0 spiro atoms. The summed E-state index contributed by atoms with van der Waals surface area (Å²) < 4.78 is 6.07. The van der Waals surface area contributed by atoms with Crippen molar-refractivity contribution in [3.8, 4) is 0 Å². The minimum absolute atomic E-state index is 0.0361. The summed E-state index contributed by atoms with van der Waals surface area (Å²) in [6.07, 6.45) is 1.50. The first-order valence-electron chi connectivity index (χ1n) is 8.26. The number of furan rings is 1. The summed E-state index contributed by atoms with van der Waals surface area (Å²) in [4.78, 5) is 36.3. The number of benzene rings is 1. The van der Waals surface area contributed by atoms with E-state index in [1.807, 2.05) is 19.1 Å². The molecular weight excluding hydrogens is 348 g/mol. The molecule has 2 N–H and O–H groups in total. The Kier molecular flexibility index (Phi) is 5.46. The van der Waals surface area contributed by atoms with Crippen LogP contribution in [0.25, 0.3) is 0 Å². The van der Waals surface area contributed by atoms with Crippen molar-refractivity contribution in [3.05, 3.63) is 82.2 Å². The molecule has 3 aromatic rings. The Labute approximate surface area is 154 Å². The van der Waals surface area contributed by atoms with Crippen molar-refractivity contribution in [2.75, 3.05) is 5.32 Å². The predicted molar refractivity (Wildman–Crippen MR) is 98.2 cm³/mol. The van der Waals surface area contributed by atoms with Crippen LogP contribution in [0.1, 0.15) is 21.8 Å². The fourth-order valence-electron chi connectivity index (χ4n) is 2.31. The molecule has 0 radical (unpaired) electrons. The molecule has 2 heterocycles. The first-order chi connectivity index (χ1) is 13.0. The van der Waals surface area contributed by atoms with Gasteiger partial charge in [0.15, 0.2) is 0 Å². The number of aromatic nitrogens is 2. The van der Waals surface area contributed by atoms with Crippen LogP contribution in [0.4, 0.5) is 5.69 Å². The molecule has 2 amide bonds. The van der Waals surface area contributed by atoms with Crippen molar-refractivity contribution in [1.29, 1.82) is 0 Å². The predicted octanol–water partition coefficient (Wildman–Crippen LogP) is 1.71. The van der Waals surface area contributed by atoms with Crippen LogP contribution >= 0.6 is 0 Å². The SMILES string of the molecule is Cc1ccc(NC(=O)c2ccc(=O)n(CC(=O)NCc3ccco3)n2)cc1. The largest absolute Gasteiger partial charge is 0.467 e. The number of anilines is 1. The topological polar surface area (TPSA) is 106 Å². The lowest BCUT2D eigenvalue weighted by atomic mass is 10.2. The van der Waals surface area contributed by atoms with Gasteiger partial charge in [0, 0.05) is 11.8 Å². The summed E-state index contributed by atoms with van der Waals surface area (Å²) in [7, 11) is 0. The van der Waals surface area contributed by atoms with Crippen LogP contribution in [-0.2, 0) is 17.9 Å². The minimum Gasteiger partial charge on any atom is -0.467 e. The first kappa shape index (κ1) is 18.1. The van der Waals surface area contributed by atoms with Gasteiger partial charge in [0.05, 0.1) is 12.8 Å². The molecule has 1 aromatic carbocycles. The van der Waals surface area contributed by atoms with Crippen molar-refractivity contribution < 1.29 is 14.0 Å². The average Bonchev–Trinajstić information content (AvgIpc) is 3.17. The fraction of sp³-hybridized carbons (Fsp3) is 0.158. The summed E-state index contributed by atoms with van der Waals surface area (Å²) in [6, 6.07) is 13.2. The molecule has 8 nitrogen and oxygen atoms in total. The van der Waals surface area contributed by atoms with Gasteiger partial charge in [-0.05, 0) is 37.3 Å². The zero-order valence-electron chi connectivity index (χ0n) is 14.6. The first-order valence-corrected chi connectivity index (χ1v) is 8.26. The third-order valence-corrected chi connectivity index (χ3v) is 3.74. The van der Waals surface area contributed by atoms with Gasteiger partial charge in [-0.1, -0.05) is 17.7 Å². The third-order valence-electron chi connectivity index (χ3n) is 3.74. The van der Waals surface area contributed by atoms with Crippen LogP contribution < -0.4 is 16.2 Å². The average molecular weight is 366 g/mol. The maximum atomic E-state index is 12.3. The Morgan fingerprint density at radius 3 is 2.59 bits per heavy atom. The molecule has 0 unspecified atom stereocenters. The number of rotatable bonds is 6. The van der Waals surface area contributed by atoms with Crippen molar-refractivity contribution in [1.82, 2.24) is 15.1 Å². The van der Waals surface area contributed by atoms with Crippen LogP contribution in [0, 0.1) is 6.92 Å². The fourth-order valence-corrected chi connectivity index (χ4v) is 2.31. The highest BCUT2D eigenvalue weighted by atomic mass is 16.3. The van der Waals surface area contributed by atoms with Gasteiger partial charge in [0.1, 0.15) is 18.0 Å². The van der Waals surface area contributed by atoms with E-state index in [0.717, 1.165) is 10.2 Å². The third kappa shape index (κ3) is 4.91. The van der Waals surface area contributed by atoms with Gasteiger partial charge in [0.2, 0.25) is 5.91 Å². The van der Waals surface area contributed by atoms with E-state index < -0.39 is 17.4 Å². The van der Waals surface area contributed by atoms with Gasteiger partial charge in [-0.3, -0.25) is 14.4 Å². The molecule has 0 aliphatic rings. The second-order valence-electron chi connectivity index (χ2n) is 5.89. The molecule has 0 fully saturated rings. The molecule has 0 saturated heterocycles. The molecule has 2 aromatic heterocycles. The van der Waals surface area contributed by atoms with E-state index in [4.69, 9.17) is 4.42 Å². The number of hydrogen-bond acceptors (Lipinski definition) is 5. The maximum Gasteiger partial charge on any atom is 0.276 e. The molecule has 138 valence electrons. The number of carbonyl (C=O) groups excluding carboxylic acids is 2. The van der Waals surface area contributed by atoms with Crippen LogP contribution in [0.5, 0.6) is 0 Å². The summed E-state index contributed by atoms with van der Waals surface area (Å²) >= 11 is 0. The quantitative estimate of drug-likeness (QED) is 0.691. The molecule has 0 atom stereocenters. The smallest absolute Gasteiger partial charge is 0.276 e. The number of nitrogens with one attached hydrogen (secondary N) is 2. The van der Waals surface area contributed by atoms with Gasteiger partial charge in [-0.2, -0.15) is 5.10 Å². The van der Waals surface area contributed by atoms with E-state index in [2.05, 4.69) is 15.7 Å². The Balaban J connectivity index is 1.66. The summed E-state index contributed by atoms with van der Waals surface area (Å²) in [5.41, 5.74) is 1.24. The van der Waals surface area contributed by atoms with Crippen molar-refractivity contribution >= 4 is 17.5 Å². The van der Waals surface area contributed by atoms with Gasteiger partial charge in [0.25, 0.3) is 11.5 Å². The maximum absolute atomic E-state index is 12.3. The van der Waals surface area contributed by atoms with E-state index >= 15 is 0 Å². The summed E-state index contributed by atoms with van der Waals surface area (Å²) in [5, 5.41) is 9.30. The van der Waals surface area contributed by atoms with Crippen molar-refractivity contribution in [2.45, 2.75) is 20.0 Å². The lowest BCUT2D eigenvalue weighted by Crippen LogP contribution is -2.34. The number of amides is 2. The molecule has 0 aliphatic heterocycles. The second kappa shape index (κ2) is 8.13. The monoisotopic (exact) mass is 366 g/mol. The molecule has 8 heteroatoms. The number of aryl methyl sites for hydroxylation is 1. The Hall–Kier alpha value is -3.68. The number of nitrogens with zero attached hydrogens (tertiary/aromatic N) is 2. The van der Waals surface area contributed by atoms with Gasteiger partial charge >= 0.3 is 0 Å². The minimum atomic E-state index is -0.477. The van der Waals surface area contributed by atoms with E-state index in [-0.39, 0.29) is 18.8 Å². The normalized spacial score (nSPS) is 10.4. The Morgan fingerprint density at radius 2 is 1.89 bits per heavy atom. The van der Waals surface area contributed by atoms with E-state index in [1.54, 1.807) is 24.3 Å². The molecule has 0 aliphatic carbocycles. The van der Waals surface area contributed by atoms with Crippen LogP contribution in [-0.4, -0.2) is 21.6 Å². The van der Waals surface area contributed by atoms with Gasteiger partial charge in [-0.15, -0.1) is 0 Å². The molecule has 27 heavy (non-hydrogen) atoms. The van der Waals surface area contributed by atoms with Crippen LogP contribution in [0.2, 0.25) is 0 Å². The zero-order valence-corrected chi connectivity index (χ0v) is 14.6. The Bertz CT molecular complexity index is 991. The highest BCUT2D eigenvalue weighted by Gasteiger charge is 2.12. The van der Waals surface area contributed by atoms with Crippen molar-refractivity contribution in [3.63, 3.8) is 0 Å². The number of carbonyl (C=O) groups is 2. The molecule has 3 rings (SSSR count). The lowest BCUT2D eigenvalue weighted by Gasteiger charge is -2.08. The van der Waals surface area contributed by atoms with E-state index in [0.29, 0.717) is 11.4 Å². The summed E-state index contributed by atoms with van der Waals surface area (Å²) in [5.74, 6) is -0.296. The highest BCUT2D eigenvalue weighted by molar-refractivity contribution is 6.02.